The van der Waals surface area contributed by atoms with Crippen molar-refractivity contribution in [2.45, 2.75) is 6.92 Å². The van der Waals surface area contributed by atoms with Gasteiger partial charge in [0.2, 0.25) is 0 Å². The summed E-state index contributed by atoms with van der Waals surface area (Å²) in [4.78, 5) is 0. The molecule has 4 nitrogen and oxygen atoms in total. The van der Waals surface area contributed by atoms with Gasteiger partial charge in [-0.3, -0.25) is 4.68 Å². The number of anilines is 1. The summed E-state index contributed by atoms with van der Waals surface area (Å²) in [6, 6.07) is 8.61. The molecule has 18 heavy (non-hydrogen) atoms. The molecule has 2 heterocycles. The second kappa shape index (κ2) is 3.63. The molecule has 0 fully saturated rings. The molecule has 2 N–H and O–H groups in total. The number of nitrogens with zero attached hydrogens (tertiary/aromatic N) is 3. The lowest BCUT2D eigenvalue weighted by Gasteiger charge is -2.06. The predicted molar refractivity (Wildman–Crippen MR) is 74.3 cm³/mol. The van der Waals surface area contributed by atoms with Crippen molar-refractivity contribution in [1.29, 1.82) is 0 Å². The third-order valence-electron chi connectivity index (χ3n) is 3.41. The fourth-order valence-corrected chi connectivity index (χ4v) is 2.46. The average molecular weight is 240 g/mol. The van der Waals surface area contributed by atoms with E-state index in [1.165, 1.54) is 16.5 Å². The summed E-state index contributed by atoms with van der Waals surface area (Å²) in [6.07, 6.45) is 1.69. The van der Waals surface area contributed by atoms with Crippen LogP contribution in [0.5, 0.6) is 0 Å². The molecular weight excluding hydrogens is 224 g/mol. The molecule has 0 aliphatic rings. The highest BCUT2D eigenvalue weighted by molar-refractivity contribution is 5.88. The number of benzene rings is 1. The number of aryl methyl sites for hydroxylation is 3. The van der Waals surface area contributed by atoms with E-state index in [2.05, 4.69) is 47.9 Å². The molecule has 0 unspecified atom stereocenters. The highest BCUT2D eigenvalue weighted by atomic mass is 15.3. The second-order valence-corrected chi connectivity index (χ2v) is 4.72. The highest BCUT2D eigenvalue weighted by Crippen LogP contribution is 2.30. The summed E-state index contributed by atoms with van der Waals surface area (Å²) < 4.78 is 3.97. The molecule has 3 aromatic rings. The molecule has 0 aliphatic carbocycles. The van der Waals surface area contributed by atoms with Gasteiger partial charge in [0.1, 0.15) is 5.69 Å². The van der Waals surface area contributed by atoms with E-state index in [1.807, 2.05) is 11.7 Å². The molecule has 0 saturated carbocycles. The number of rotatable bonds is 1. The Morgan fingerprint density at radius 1 is 1.17 bits per heavy atom. The van der Waals surface area contributed by atoms with E-state index in [4.69, 9.17) is 5.73 Å². The van der Waals surface area contributed by atoms with Gasteiger partial charge < -0.3 is 10.3 Å². The minimum atomic E-state index is 0.708. The fourth-order valence-electron chi connectivity index (χ4n) is 2.46. The molecule has 0 radical (unpaired) electrons. The lowest BCUT2D eigenvalue weighted by Crippen LogP contribution is -2.00. The first kappa shape index (κ1) is 10.9. The van der Waals surface area contributed by atoms with Crippen LogP contribution in [0.15, 0.2) is 30.5 Å². The van der Waals surface area contributed by atoms with Crippen molar-refractivity contribution < 1.29 is 0 Å². The Balaban J connectivity index is 2.34. The van der Waals surface area contributed by atoms with Crippen molar-refractivity contribution in [2.75, 3.05) is 5.73 Å². The van der Waals surface area contributed by atoms with Gasteiger partial charge in [0.05, 0.1) is 17.6 Å². The van der Waals surface area contributed by atoms with Gasteiger partial charge in [-0.05, 0) is 25.1 Å². The summed E-state index contributed by atoms with van der Waals surface area (Å²) in [6.45, 7) is 2.10. The first-order chi connectivity index (χ1) is 8.58. The second-order valence-electron chi connectivity index (χ2n) is 4.72. The number of fused-ring (bicyclic) bond motifs is 1. The number of aromatic nitrogens is 3. The molecule has 4 heteroatoms. The Morgan fingerprint density at radius 2 is 1.94 bits per heavy atom. The van der Waals surface area contributed by atoms with Crippen LogP contribution in [0.1, 0.15) is 5.56 Å². The predicted octanol–water partition coefficient (Wildman–Crippen LogP) is 2.47. The van der Waals surface area contributed by atoms with E-state index in [0.29, 0.717) is 5.69 Å². The van der Waals surface area contributed by atoms with Crippen LogP contribution in [-0.2, 0) is 14.1 Å². The minimum Gasteiger partial charge on any atom is -0.396 e. The Labute approximate surface area is 106 Å². The molecule has 0 saturated heterocycles. The average Bonchev–Trinajstić information content (AvgIpc) is 2.80. The molecule has 92 valence electrons. The molecule has 1 aromatic carbocycles. The van der Waals surface area contributed by atoms with E-state index in [0.717, 1.165) is 11.4 Å². The number of nitrogens with two attached hydrogens (primary N) is 1. The van der Waals surface area contributed by atoms with Gasteiger partial charge in [-0.15, -0.1) is 0 Å². The SMILES string of the molecule is Cc1ccc2c(c1)cc(-c1c(N)cnn1C)n2C. The van der Waals surface area contributed by atoms with Crippen LogP contribution in [-0.4, -0.2) is 14.3 Å². The monoisotopic (exact) mass is 240 g/mol. The van der Waals surface area contributed by atoms with Gasteiger partial charge in [-0.25, -0.2) is 0 Å². The zero-order valence-electron chi connectivity index (χ0n) is 10.8. The van der Waals surface area contributed by atoms with Gasteiger partial charge in [-0.2, -0.15) is 5.10 Å². The first-order valence-electron chi connectivity index (χ1n) is 5.92. The van der Waals surface area contributed by atoms with Crippen LogP contribution in [0.3, 0.4) is 0 Å². The van der Waals surface area contributed by atoms with E-state index in [9.17, 15) is 0 Å². The molecule has 0 amide bonds. The molecule has 3 rings (SSSR count). The van der Waals surface area contributed by atoms with Crippen LogP contribution in [0.2, 0.25) is 0 Å². The number of hydrogen-bond donors (Lipinski definition) is 1. The van der Waals surface area contributed by atoms with Crippen LogP contribution in [0, 0.1) is 6.92 Å². The van der Waals surface area contributed by atoms with Gasteiger partial charge in [0.25, 0.3) is 0 Å². The van der Waals surface area contributed by atoms with Crippen LogP contribution < -0.4 is 5.73 Å². The van der Waals surface area contributed by atoms with Crippen LogP contribution in [0.4, 0.5) is 5.69 Å². The van der Waals surface area contributed by atoms with Crippen LogP contribution in [0.25, 0.3) is 22.3 Å². The van der Waals surface area contributed by atoms with E-state index in [1.54, 1.807) is 6.20 Å². The topological polar surface area (TPSA) is 48.8 Å². The summed E-state index contributed by atoms with van der Waals surface area (Å²) in [7, 11) is 3.97. The maximum Gasteiger partial charge on any atom is 0.107 e. The lowest BCUT2D eigenvalue weighted by atomic mass is 10.2. The van der Waals surface area contributed by atoms with Crippen molar-refractivity contribution in [3.63, 3.8) is 0 Å². The molecule has 0 aliphatic heterocycles. The summed E-state index contributed by atoms with van der Waals surface area (Å²) >= 11 is 0. The minimum absolute atomic E-state index is 0.708. The van der Waals surface area contributed by atoms with Gasteiger partial charge >= 0.3 is 0 Å². The molecule has 0 spiro atoms. The van der Waals surface area contributed by atoms with Crippen molar-refractivity contribution in [3.8, 4) is 11.4 Å². The molecule has 2 aromatic heterocycles. The summed E-state index contributed by atoms with van der Waals surface area (Å²) in [5.74, 6) is 0. The Bertz CT molecular complexity index is 714. The van der Waals surface area contributed by atoms with Crippen molar-refractivity contribution >= 4 is 16.6 Å². The normalized spacial score (nSPS) is 11.3. The summed E-state index contributed by atoms with van der Waals surface area (Å²) in [5, 5.41) is 5.43. The fraction of sp³-hybridized carbons (Fsp3) is 0.214. The van der Waals surface area contributed by atoms with Crippen molar-refractivity contribution in [1.82, 2.24) is 14.3 Å². The third kappa shape index (κ3) is 1.42. The van der Waals surface area contributed by atoms with E-state index < -0.39 is 0 Å². The Kier molecular flexibility index (Phi) is 2.20. The highest BCUT2D eigenvalue weighted by Gasteiger charge is 2.14. The van der Waals surface area contributed by atoms with Crippen molar-refractivity contribution in [2.24, 2.45) is 14.1 Å². The van der Waals surface area contributed by atoms with Gasteiger partial charge in [-0.1, -0.05) is 11.6 Å². The van der Waals surface area contributed by atoms with E-state index >= 15 is 0 Å². The summed E-state index contributed by atoms with van der Waals surface area (Å²) in [5.41, 5.74) is 11.2. The molecule has 0 atom stereocenters. The third-order valence-corrected chi connectivity index (χ3v) is 3.41. The number of hydrogen-bond acceptors (Lipinski definition) is 2. The van der Waals surface area contributed by atoms with Gasteiger partial charge in [0, 0.05) is 25.0 Å². The number of nitrogen functional groups attached to an aromatic ring is 1. The molecule has 0 bridgehead atoms. The van der Waals surface area contributed by atoms with Crippen LogP contribution >= 0.6 is 0 Å². The maximum atomic E-state index is 6.00. The smallest absolute Gasteiger partial charge is 0.107 e. The van der Waals surface area contributed by atoms with Gasteiger partial charge in [0.15, 0.2) is 0 Å². The Morgan fingerprint density at radius 3 is 2.61 bits per heavy atom. The zero-order valence-corrected chi connectivity index (χ0v) is 10.8. The standard InChI is InChI=1S/C14H16N4/c1-9-4-5-12-10(6-9)7-13(17(12)2)14-11(15)8-16-18(14)3/h4-8H,15H2,1-3H3. The van der Waals surface area contributed by atoms with Crippen molar-refractivity contribution in [3.05, 3.63) is 36.0 Å². The maximum absolute atomic E-state index is 6.00. The first-order valence-corrected chi connectivity index (χ1v) is 5.92. The molecular formula is C14H16N4. The van der Waals surface area contributed by atoms with E-state index in [-0.39, 0.29) is 0 Å². The zero-order chi connectivity index (χ0) is 12.9. The Hall–Kier alpha value is -2.23. The largest absolute Gasteiger partial charge is 0.396 e. The lowest BCUT2D eigenvalue weighted by molar-refractivity contribution is 0.768. The quantitative estimate of drug-likeness (QED) is 0.710.